The molecule has 1 heterocycles. The standard InChI is InChI=1S/C14H21FN4S/c1-18-5-6-19(2)11(9-18)8-17-13-4-3-10(15)7-12(13)14(16)20/h3-4,7,11,17H,5-6,8-9H2,1-2H3,(H2,16,20). The van der Waals surface area contributed by atoms with Gasteiger partial charge in [-0.05, 0) is 32.3 Å². The molecule has 1 saturated heterocycles. The predicted molar refractivity (Wildman–Crippen MR) is 84.7 cm³/mol. The number of piperazine rings is 1. The Hall–Kier alpha value is -1.24. The van der Waals surface area contributed by atoms with Gasteiger partial charge in [0.15, 0.2) is 0 Å². The van der Waals surface area contributed by atoms with Crippen molar-refractivity contribution in [2.45, 2.75) is 6.04 Å². The van der Waals surface area contributed by atoms with E-state index in [0.29, 0.717) is 11.6 Å². The minimum absolute atomic E-state index is 0.209. The SMILES string of the molecule is CN1CCN(C)C(CNc2ccc(F)cc2C(N)=S)C1. The van der Waals surface area contributed by atoms with Crippen molar-refractivity contribution in [2.24, 2.45) is 5.73 Å². The first kappa shape index (κ1) is 15.2. The number of likely N-dealkylation sites (N-methyl/N-ethyl adjacent to an activating group) is 2. The van der Waals surface area contributed by atoms with Crippen LogP contribution in [-0.4, -0.2) is 61.1 Å². The number of rotatable bonds is 4. The molecule has 20 heavy (non-hydrogen) atoms. The summed E-state index contributed by atoms with van der Waals surface area (Å²) in [6.07, 6.45) is 0. The molecule has 0 spiro atoms. The van der Waals surface area contributed by atoms with Crippen molar-refractivity contribution in [3.63, 3.8) is 0 Å². The maximum absolute atomic E-state index is 13.3. The van der Waals surface area contributed by atoms with Crippen LogP contribution in [0.15, 0.2) is 18.2 Å². The van der Waals surface area contributed by atoms with Crippen LogP contribution < -0.4 is 11.1 Å². The predicted octanol–water partition coefficient (Wildman–Crippen LogP) is 1.12. The van der Waals surface area contributed by atoms with Gasteiger partial charge in [0, 0.05) is 43.5 Å². The fraction of sp³-hybridized carbons (Fsp3) is 0.500. The second-order valence-electron chi connectivity index (χ2n) is 5.33. The highest BCUT2D eigenvalue weighted by atomic mass is 32.1. The Bertz CT molecular complexity index is 494. The molecule has 0 aliphatic carbocycles. The summed E-state index contributed by atoms with van der Waals surface area (Å²) in [6.45, 7) is 3.92. The van der Waals surface area contributed by atoms with Crippen LogP contribution in [0.3, 0.4) is 0 Å². The Morgan fingerprint density at radius 3 is 2.90 bits per heavy atom. The van der Waals surface area contributed by atoms with Crippen LogP contribution in [0.1, 0.15) is 5.56 Å². The molecule has 110 valence electrons. The van der Waals surface area contributed by atoms with Crippen molar-refractivity contribution in [1.29, 1.82) is 0 Å². The highest BCUT2D eigenvalue weighted by Gasteiger charge is 2.22. The Morgan fingerprint density at radius 1 is 1.45 bits per heavy atom. The third kappa shape index (κ3) is 3.65. The van der Waals surface area contributed by atoms with Gasteiger partial charge in [-0.25, -0.2) is 4.39 Å². The van der Waals surface area contributed by atoms with Gasteiger partial charge in [0.1, 0.15) is 10.8 Å². The number of hydrogen-bond donors (Lipinski definition) is 2. The summed E-state index contributed by atoms with van der Waals surface area (Å²) in [7, 11) is 4.25. The van der Waals surface area contributed by atoms with E-state index < -0.39 is 0 Å². The molecular weight excluding hydrogens is 275 g/mol. The summed E-state index contributed by atoms with van der Waals surface area (Å²) in [5.74, 6) is -0.326. The average molecular weight is 296 g/mol. The molecule has 0 amide bonds. The average Bonchev–Trinajstić information content (AvgIpc) is 2.40. The molecule has 1 unspecified atom stereocenters. The highest BCUT2D eigenvalue weighted by molar-refractivity contribution is 7.80. The summed E-state index contributed by atoms with van der Waals surface area (Å²) in [5.41, 5.74) is 7.00. The molecule has 1 aromatic carbocycles. The van der Waals surface area contributed by atoms with Gasteiger partial charge >= 0.3 is 0 Å². The fourth-order valence-corrected chi connectivity index (χ4v) is 2.59. The number of thiocarbonyl (C=S) groups is 1. The zero-order valence-electron chi connectivity index (χ0n) is 11.9. The van der Waals surface area contributed by atoms with Gasteiger partial charge in [0.05, 0.1) is 0 Å². The number of anilines is 1. The largest absolute Gasteiger partial charge is 0.389 e. The van der Waals surface area contributed by atoms with Crippen molar-refractivity contribution in [3.8, 4) is 0 Å². The van der Waals surface area contributed by atoms with Gasteiger partial charge in [0.25, 0.3) is 0 Å². The van der Waals surface area contributed by atoms with Gasteiger partial charge < -0.3 is 16.0 Å². The summed E-state index contributed by atoms with van der Waals surface area (Å²) in [5, 5.41) is 3.34. The summed E-state index contributed by atoms with van der Waals surface area (Å²) in [6, 6.07) is 4.90. The van der Waals surface area contributed by atoms with Crippen molar-refractivity contribution in [2.75, 3.05) is 45.6 Å². The maximum Gasteiger partial charge on any atom is 0.124 e. The minimum atomic E-state index is -0.326. The van der Waals surface area contributed by atoms with E-state index in [-0.39, 0.29) is 10.8 Å². The number of nitrogens with zero attached hydrogens (tertiary/aromatic N) is 2. The molecule has 2 rings (SSSR count). The van der Waals surface area contributed by atoms with E-state index in [9.17, 15) is 4.39 Å². The molecule has 0 bridgehead atoms. The van der Waals surface area contributed by atoms with E-state index in [1.54, 1.807) is 6.07 Å². The second-order valence-corrected chi connectivity index (χ2v) is 5.77. The Balaban J connectivity index is 2.05. The van der Waals surface area contributed by atoms with Gasteiger partial charge in [-0.3, -0.25) is 4.90 Å². The van der Waals surface area contributed by atoms with Crippen molar-refractivity contribution < 1.29 is 4.39 Å². The summed E-state index contributed by atoms with van der Waals surface area (Å²) < 4.78 is 13.3. The second kappa shape index (κ2) is 6.47. The van der Waals surface area contributed by atoms with Gasteiger partial charge in [-0.2, -0.15) is 0 Å². The quantitative estimate of drug-likeness (QED) is 0.815. The lowest BCUT2D eigenvalue weighted by Crippen LogP contribution is -2.52. The molecule has 4 nitrogen and oxygen atoms in total. The van der Waals surface area contributed by atoms with Gasteiger partial charge in [0.2, 0.25) is 0 Å². The number of benzene rings is 1. The number of nitrogens with one attached hydrogen (secondary N) is 1. The normalized spacial score (nSPS) is 20.9. The molecule has 1 aromatic rings. The lowest BCUT2D eigenvalue weighted by atomic mass is 10.1. The molecule has 0 aromatic heterocycles. The zero-order chi connectivity index (χ0) is 14.7. The first-order valence-corrected chi connectivity index (χ1v) is 7.10. The topological polar surface area (TPSA) is 44.5 Å². The monoisotopic (exact) mass is 296 g/mol. The van der Waals surface area contributed by atoms with E-state index in [4.69, 9.17) is 18.0 Å². The van der Waals surface area contributed by atoms with E-state index >= 15 is 0 Å². The van der Waals surface area contributed by atoms with Crippen molar-refractivity contribution in [3.05, 3.63) is 29.6 Å². The molecular formula is C14H21FN4S. The molecule has 0 saturated carbocycles. The lowest BCUT2D eigenvalue weighted by molar-refractivity contribution is 0.122. The van der Waals surface area contributed by atoms with Crippen LogP contribution in [0.5, 0.6) is 0 Å². The lowest BCUT2D eigenvalue weighted by Gasteiger charge is -2.38. The summed E-state index contributed by atoms with van der Waals surface area (Å²) in [4.78, 5) is 4.85. The Kier molecular flexibility index (Phi) is 4.91. The van der Waals surface area contributed by atoms with E-state index in [1.807, 2.05) is 0 Å². The van der Waals surface area contributed by atoms with Crippen LogP contribution in [0.4, 0.5) is 10.1 Å². The molecule has 1 atom stereocenters. The first-order valence-electron chi connectivity index (χ1n) is 6.69. The molecule has 1 aliphatic rings. The molecule has 0 radical (unpaired) electrons. The van der Waals surface area contributed by atoms with Crippen LogP contribution in [0, 0.1) is 5.82 Å². The summed E-state index contributed by atoms with van der Waals surface area (Å²) >= 11 is 4.97. The zero-order valence-corrected chi connectivity index (χ0v) is 12.7. The maximum atomic E-state index is 13.3. The molecule has 6 heteroatoms. The van der Waals surface area contributed by atoms with Crippen LogP contribution in [-0.2, 0) is 0 Å². The van der Waals surface area contributed by atoms with Crippen LogP contribution >= 0.6 is 12.2 Å². The minimum Gasteiger partial charge on any atom is -0.389 e. The highest BCUT2D eigenvalue weighted by Crippen LogP contribution is 2.18. The first-order chi connectivity index (χ1) is 9.47. The third-order valence-electron chi connectivity index (χ3n) is 3.76. The smallest absolute Gasteiger partial charge is 0.124 e. The van der Waals surface area contributed by atoms with Crippen LogP contribution in [0.2, 0.25) is 0 Å². The number of nitrogens with two attached hydrogens (primary N) is 1. The molecule has 1 aliphatic heterocycles. The Morgan fingerprint density at radius 2 is 2.20 bits per heavy atom. The fourth-order valence-electron chi connectivity index (χ4n) is 2.42. The van der Waals surface area contributed by atoms with E-state index in [0.717, 1.165) is 31.9 Å². The van der Waals surface area contributed by atoms with E-state index in [1.165, 1.54) is 12.1 Å². The number of hydrogen-bond acceptors (Lipinski definition) is 4. The number of halogens is 1. The molecule has 1 fully saturated rings. The van der Waals surface area contributed by atoms with E-state index in [2.05, 4.69) is 29.2 Å². The third-order valence-corrected chi connectivity index (χ3v) is 3.98. The Labute approximate surface area is 124 Å². The molecule has 3 N–H and O–H groups in total. The van der Waals surface area contributed by atoms with Crippen LogP contribution in [0.25, 0.3) is 0 Å². The van der Waals surface area contributed by atoms with Gasteiger partial charge in [-0.1, -0.05) is 12.2 Å². The van der Waals surface area contributed by atoms with Gasteiger partial charge in [-0.15, -0.1) is 0 Å². The van der Waals surface area contributed by atoms with Crippen molar-refractivity contribution in [1.82, 2.24) is 9.80 Å². The van der Waals surface area contributed by atoms with Crippen molar-refractivity contribution >= 4 is 22.9 Å².